The molecule has 1 heteroatoms. The minimum absolute atomic E-state index is 0.549. The van der Waals surface area contributed by atoms with Gasteiger partial charge in [0.2, 0.25) is 0 Å². The van der Waals surface area contributed by atoms with E-state index in [9.17, 15) is 0 Å². The van der Waals surface area contributed by atoms with Crippen LogP contribution in [0.15, 0.2) is 23.5 Å². The van der Waals surface area contributed by atoms with Crippen molar-refractivity contribution in [2.24, 2.45) is 17.8 Å². The molecule has 0 aromatic carbocycles. The summed E-state index contributed by atoms with van der Waals surface area (Å²) in [5, 5.41) is 0. The van der Waals surface area contributed by atoms with E-state index in [1.807, 2.05) is 0 Å². The van der Waals surface area contributed by atoms with E-state index < -0.39 is 0 Å². The monoisotopic (exact) mass is 216 g/mol. The Morgan fingerprint density at radius 3 is 2.88 bits per heavy atom. The molecule has 0 aromatic heterocycles. The highest BCUT2D eigenvalue weighted by molar-refractivity contribution is 5.53. The fourth-order valence-electron chi connectivity index (χ4n) is 2.31. The van der Waals surface area contributed by atoms with Crippen LogP contribution in [-0.2, 0) is 0 Å². The molecule has 2 atom stereocenters. The molecule has 1 saturated carbocycles. The second-order valence-electron chi connectivity index (χ2n) is 5.30. The fourth-order valence-corrected chi connectivity index (χ4v) is 2.31. The van der Waals surface area contributed by atoms with Gasteiger partial charge in [-0.3, -0.25) is 0 Å². The summed E-state index contributed by atoms with van der Waals surface area (Å²) in [7, 11) is 0. The minimum atomic E-state index is 0.549. The van der Waals surface area contributed by atoms with Crippen molar-refractivity contribution in [3.05, 3.63) is 23.5 Å². The summed E-state index contributed by atoms with van der Waals surface area (Å²) in [5.74, 6) is 5.85. The normalized spacial score (nSPS) is 27.8. The largest absolute Gasteiger partial charge is 0.184 e. The highest BCUT2D eigenvalue weighted by Gasteiger charge is 2.38. The molecule has 0 aromatic rings. The molecule has 1 aliphatic carbocycles. The summed E-state index contributed by atoms with van der Waals surface area (Å²) < 4.78 is 2.31. The molecule has 2 rings (SSSR count). The van der Waals surface area contributed by atoms with Gasteiger partial charge in [-0.1, -0.05) is 27.2 Å². The number of allylic oxidation sites excluding steroid dienone is 1. The van der Waals surface area contributed by atoms with Crippen molar-refractivity contribution in [3.8, 4) is 0 Å². The molecule has 1 fully saturated rings. The molecule has 1 nitrogen and oxygen atoms in total. The number of hydrogen-bond donors (Lipinski definition) is 0. The average Bonchev–Trinajstić information content (AvgIpc) is 3.02. The summed E-state index contributed by atoms with van der Waals surface area (Å²) in [6.07, 6.45) is 7.02. The Morgan fingerprint density at radius 2 is 2.25 bits per heavy atom. The van der Waals surface area contributed by atoms with Crippen LogP contribution in [0.2, 0.25) is 0 Å². The maximum absolute atomic E-state index is 3.41. The molecule has 0 saturated heterocycles. The molecule has 0 spiro atoms. The van der Waals surface area contributed by atoms with E-state index in [-0.39, 0.29) is 0 Å². The van der Waals surface area contributed by atoms with Gasteiger partial charge in [0.15, 0.2) is 19.0 Å². The van der Waals surface area contributed by atoms with E-state index in [1.54, 1.807) is 0 Å². The van der Waals surface area contributed by atoms with Crippen LogP contribution >= 0.6 is 0 Å². The van der Waals surface area contributed by atoms with Gasteiger partial charge in [-0.05, 0) is 18.3 Å². The Morgan fingerprint density at radius 1 is 1.44 bits per heavy atom. The number of nitrogens with zero attached hydrogens (tertiary/aromatic N) is 1. The summed E-state index contributed by atoms with van der Waals surface area (Å²) in [6, 6.07) is 0. The maximum atomic E-state index is 3.41. The van der Waals surface area contributed by atoms with Crippen molar-refractivity contribution >= 4 is 5.87 Å². The van der Waals surface area contributed by atoms with Crippen molar-refractivity contribution in [2.45, 2.75) is 33.6 Å². The molecular weight excluding hydrogens is 194 g/mol. The molecule has 16 heavy (non-hydrogen) atoms. The van der Waals surface area contributed by atoms with E-state index in [0.29, 0.717) is 5.92 Å². The van der Waals surface area contributed by atoms with Gasteiger partial charge in [0.05, 0.1) is 6.08 Å². The molecule has 0 radical (unpaired) electrons. The van der Waals surface area contributed by atoms with Crippen LogP contribution in [0.4, 0.5) is 0 Å². The van der Waals surface area contributed by atoms with Crippen molar-refractivity contribution in [3.63, 3.8) is 0 Å². The molecule has 0 N–H and O–H groups in total. The summed E-state index contributed by atoms with van der Waals surface area (Å²) in [5.41, 5.74) is 4.63. The van der Waals surface area contributed by atoms with Crippen LogP contribution in [0.1, 0.15) is 33.6 Å². The molecule has 1 heterocycles. The van der Waals surface area contributed by atoms with Crippen LogP contribution < -0.4 is 0 Å². The van der Waals surface area contributed by atoms with Crippen LogP contribution in [-0.4, -0.2) is 23.5 Å². The Labute approximate surface area is 98.9 Å². The lowest BCUT2D eigenvalue weighted by Gasteiger charge is -1.97. The average molecular weight is 216 g/mol. The Kier molecular flexibility index (Phi) is 3.49. The summed E-state index contributed by atoms with van der Waals surface area (Å²) >= 11 is 0. The van der Waals surface area contributed by atoms with Gasteiger partial charge in [0.1, 0.15) is 0 Å². The van der Waals surface area contributed by atoms with Crippen LogP contribution in [0.3, 0.4) is 0 Å². The van der Waals surface area contributed by atoms with Gasteiger partial charge in [-0.2, -0.15) is 4.58 Å². The zero-order valence-electron chi connectivity index (χ0n) is 10.7. The third-order valence-electron chi connectivity index (χ3n) is 3.65. The van der Waals surface area contributed by atoms with E-state index in [4.69, 9.17) is 0 Å². The topological polar surface area (TPSA) is 3.01 Å². The van der Waals surface area contributed by atoms with Gasteiger partial charge in [-0.15, -0.1) is 5.73 Å². The second kappa shape index (κ2) is 4.87. The summed E-state index contributed by atoms with van der Waals surface area (Å²) in [4.78, 5) is 0. The van der Waals surface area contributed by atoms with Gasteiger partial charge < -0.3 is 0 Å². The Balaban J connectivity index is 1.99. The zero-order valence-corrected chi connectivity index (χ0v) is 10.7. The van der Waals surface area contributed by atoms with Gasteiger partial charge >= 0.3 is 0 Å². The van der Waals surface area contributed by atoms with Gasteiger partial charge in [-0.25, -0.2) is 0 Å². The molecular formula is C15H22N+. The van der Waals surface area contributed by atoms with E-state index in [2.05, 4.69) is 49.1 Å². The molecule has 1 aliphatic heterocycles. The maximum Gasteiger partial charge on any atom is 0.178 e. The van der Waals surface area contributed by atoms with Gasteiger partial charge in [0.25, 0.3) is 0 Å². The Bertz CT molecular complexity index is 388. The smallest absolute Gasteiger partial charge is 0.178 e. The van der Waals surface area contributed by atoms with E-state index >= 15 is 0 Å². The fraction of sp³-hybridized carbons (Fsp3) is 0.667. The second-order valence-corrected chi connectivity index (χ2v) is 5.30. The minimum Gasteiger partial charge on any atom is -0.184 e. The third-order valence-corrected chi connectivity index (χ3v) is 3.65. The van der Waals surface area contributed by atoms with Crippen molar-refractivity contribution < 1.29 is 4.58 Å². The van der Waals surface area contributed by atoms with Crippen molar-refractivity contribution in [1.82, 2.24) is 0 Å². The summed E-state index contributed by atoms with van der Waals surface area (Å²) in [6.45, 7) is 8.86. The third kappa shape index (κ3) is 2.76. The van der Waals surface area contributed by atoms with Crippen molar-refractivity contribution in [2.75, 3.05) is 13.1 Å². The molecule has 2 aliphatic rings. The number of hydrogen-bond acceptors (Lipinski definition) is 0. The zero-order chi connectivity index (χ0) is 11.5. The van der Waals surface area contributed by atoms with E-state index in [0.717, 1.165) is 18.4 Å². The molecule has 2 unspecified atom stereocenters. The van der Waals surface area contributed by atoms with Gasteiger partial charge in [0, 0.05) is 17.6 Å². The molecule has 0 bridgehead atoms. The van der Waals surface area contributed by atoms with Crippen molar-refractivity contribution in [1.29, 1.82) is 0 Å². The highest BCUT2D eigenvalue weighted by atomic mass is 15.0. The lowest BCUT2D eigenvalue weighted by atomic mass is 10.1. The molecule has 86 valence electrons. The lowest BCUT2D eigenvalue weighted by Crippen LogP contribution is -2.14. The van der Waals surface area contributed by atoms with Crippen LogP contribution in [0.5, 0.6) is 0 Å². The van der Waals surface area contributed by atoms with Crippen LogP contribution in [0, 0.1) is 17.8 Å². The SMILES string of the molecule is CCC1CC1C[N+]1=C=CC(C(C)C)=C=CC1. The van der Waals surface area contributed by atoms with E-state index in [1.165, 1.54) is 25.0 Å². The first-order chi connectivity index (χ1) is 7.70. The van der Waals surface area contributed by atoms with Crippen LogP contribution in [0.25, 0.3) is 0 Å². The first-order valence-electron chi connectivity index (χ1n) is 6.50. The Hall–Kier alpha value is -1.03. The molecule has 0 amide bonds. The predicted octanol–water partition coefficient (Wildman–Crippen LogP) is 3.02. The first-order valence-corrected chi connectivity index (χ1v) is 6.50. The first kappa shape index (κ1) is 11.5. The predicted molar refractivity (Wildman–Crippen MR) is 67.9 cm³/mol. The standard InChI is InChI=1S/C15H22N/c1-4-13-10-15(13)11-16-8-5-6-14(7-9-16)12(2)3/h5,7,12-13,15H,4,8,10-11H2,1-3H3/q+1. The highest BCUT2D eigenvalue weighted by Crippen LogP contribution is 2.40. The quantitative estimate of drug-likeness (QED) is 0.502. The lowest BCUT2D eigenvalue weighted by molar-refractivity contribution is -0.514. The number of rotatable bonds is 4.